The van der Waals surface area contributed by atoms with Crippen molar-refractivity contribution in [2.24, 2.45) is 0 Å². The van der Waals surface area contributed by atoms with Gasteiger partial charge in [0.2, 0.25) is 0 Å². The van der Waals surface area contributed by atoms with E-state index in [0.29, 0.717) is 11.6 Å². The maximum absolute atomic E-state index is 11.8. The standard InChI is InChI=1S/C9H10ClF3N2/c10-8-6-14-3-1-7(8)5-15-4-2-9(11,12)13/h1,3,6,15H,2,4-5H2. The number of pyridine rings is 1. The molecule has 0 aliphatic rings. The maximum Gasteiger partial charge on any atom is 0.390 e. The molecule has 1 aromatic rings. The van der Waals surface area contributed by atoms with Crippen molar-refractivity contribution < 1.29 is 13.2 Å². The van der Waals surface area contributed by atoms with Crippen LogP contribution >= 0.6 is 11.6 Å². The number of nitrogens with zero attached hydrogens (tertiary/aromatic N) is 1. The molecule has 1 rings (SSSR count). The minimum absolute atomic E-state index is 0.109. The highest BCUT2D eigenvalue weighted by Gasteiger charge is 2.25. The van der Waals surface area contributed by atoms with Crippen LogP contribution in [0.25, 0.3) is 0 Å². The highest BCUT2D eigenvalue weighted by atomic mass is 35.5. The van der Waals surface area contributed by atoms with Crippen LogP contribution in [0.4, 0.5) is 13.2 Å². The van der Waals surface area contributed by atoms with E-state index in [1.807, 2.05) is 0 Å². The van der Waals surface area contributed by atoms with E-state index in [1.54, 1.807) is 12.3 Å². The Kier molecular flexibility index (Phi) is 4.35. The molecular formula is C9H10ClF3N2. The topological polar surface area (TPSA) is 24.9 Å². The lowest BCUT2D eigenvalue weighted by Gasteiger charge is -2.08. The molecule has 84 valence electrons. The molecule has 0 unspecified atom stereocenters. The van der Waals surface area contributed by atoms with Gasteiger partial charge < -0.3 is 5.32 Å². The Balaban J connectivity index is 2.30. The van der Waals surface area contributed by atoms with Gasteiger partial charge in [-0.25, -0.2) is 0 Å². The largest absolute Gasteiger partial charge is 0.390 e. The number of hydrogen-bond donors (Lipinski definition) is 1. The first-order valence-corrected chi connectivity index (χ1v) is 4.73. The fraction of sp³-hybridized carbons (Fsp3) is 0.444. The number of alkyl halides is 3. The Hall–Kier alpha value is -0.810. The quantitative estimate of drug-likeness (QED) is 0.816. The van der Waals surface area contributed by atoms with Gasteiger partial charge in [-0.05, 0) is 11.6 Å². The zero-order chi connectivity index (χ0) is 11.3. The van der Waals surface area contributed by atoms with Crippen molar-refractivity contribution in [2.75, 3.05) is 6.54 Å². The zero-order valence-electron chi connectivity index (χ0n) is 7.81. The summed E-state index contributed by atoms with van der Waals surface area (Å²) in [6.45, 7) is 0.208. The smallest absolute Gasteiger partial charge is 0.312 e. The van der Waals surface area contributed by atoms with Crippen LogP contribution in [0.3, 0.4) is 0 Å². The first-order chi connectivity index (χ1) is 6.99. The molecule has 1 heterocycles. The number of hydrogen-bond acceptors (Lipinski definition) is 2. The summed E-state index contributed by atoms with van der Waals surface area (Å²) in [7, 11) is 0. The molecule has 0 spiro atoms. The van der Waals surface area contributed by atoms with Crippen molar-refractivity contribution in [3.63, 3.8) is 0 Å². The molecule has 0 aliphatic carbocycles. The normalized spacial score (nSPS) is 11.7. The summed E-state index contributed by atoms with van der Waals surface area (Å²) in [6.07, 6.45) is -1.94. The molecule has 0 fully saturated rings. The summed E-state index contributed by atoms with van der Waals surface area (Å²) in [5.41, 5.74) is 0.744. The second-order valence-electron chi connectivity index (χ2n) is 3.01. The second kappa shape index (κ2) is 5.32. The summed E-state index contributed by atoms with van der Waals surface area (Å²) in [5.74, 6) is 0. The monoisotopic (exact) mass is 238 g/mol. The lowest BCUT2D eigenvalue weighted by molar-refractivity contribution is -0.133. The van der Waals surface area contributed by atoms with E-state index in [1.165, 1.54) is 6.20 Å². The molecule has 0 saturated carbocycles. The van der Waals surface area contributed by atoms with Gasteiger partial charge in [0, 0.05) is 25.5 Å². The van der Waals surface area contributed by atoms with Crippen molar-refractivity contribution in [1.29, 1.82) is 0 Å². The van der Waals surface area contributed by atoms with E-state index < -0.39 is 12.6 Å². The molecule has 15 heavy (non-hydrogen) atoms. The first-order valence-electron chi connectivity index (χ1n) is 4.35. The summed E-state index contributed by atoms with van der Waals surface area (Å²) in [5, 5.41) is 3.12. The Bertz CT molecular complexity index is 314. The SMILES string of the molecule is FC(F)(F)CCNCc1ccncc1Cl. The summed E-state index contributed by atoms with van der Waals surface area (Å²) < 4.78 is 35.4. The summed E-state index contributed by atoms with van der Waals surface area (Å²) in [6, 6.07) is 1.67. The average molecular weight is 239 g/mol. The molecule has 0 radical (unpaired) electrons. The third-order valence-electron chi connectivity index (χ3n) is 1.76. The number of aromatic nitrogens is 1. The van der Waals surface area contributed by atoms with Crippen LogP contribution in [0.1, 0.15) is 12.0 Å². The third kappa shape index (κ3) is 4.99. The lowest BCUT2D eigenvalue weighted by atomic mass is 10.2. The second-order valence-corrected chi connectivity index (χ2v) is 3.42. The lowest BCUT2D eigenvalue weighted by Crippen LogP contribution is -2.21. The van der Waals surface area contributed by atoms with Crippen LogP contribution in [0.2, 0.25) is 5.02 Å². The van der Waals surface area contributed by atoms with Crippen LogP contribution < -0.4 is 5.32 Å². The van der Waals surface area contributed by atoms with Gasteiger partial charge in [-0.2, -0.15) is 13.2 Å². The Morgan fingerprint density at radius 1 is 1.40 bits per heavy atom. The fourth-order valence-electron chi connectivity index (χ4n) is 1.00. The van der Waals surface area contributed by atoms with Gasteiger partial charge in [0.15, 0.2) is 0 Å². The van der Waals surface area contributed by atoms with E-state index in [4.69, 9.17) is 11.6 Å². The Morgan fingerprint density at radius 3 is 2.73 bits per heavy atom. The molecule has 0 saturated heterocycles. The van der Waals surface area contributed by atoms with Gasteiger partial charge >= 0.3 is 6.18 Å². The molecular weight excluding hydrogens is 229 g/mol. The van der Waals surface area contributed by atoms with Gasteiger partial charge in [0.25, 0.3) is 0 Å². The van der Waals surface area contributed by atoms with E-state index >= 15 is 0 Å². The van der Waals surface area contributed by atoms with Crippen LogP contribution in [-0.4, -0.2) is 17.7 Å². The highest BCUT2D eigenvalue weighted by molar-refractivity contribution is 6.31. The van der Waals surface area contributed by atoms with Crippen LogP contribution in [-0.2, 0) is 6.54 Å². The number of halogens is 4. The highest BCUT2D eigenvalue weighted by Crippen LogP contribution is 2.18. The molecule has 0 aromatic carbocycles. The predicted octanol–water partition coefficient (Wildman–Crippen LogP) is 2.78. The van der Waals surface area contributed by atoms with Crippen molar-refractivity contribution in [3.05, 3.63) is 29.0 Å². The average Bonchev–Trinajstić information content (AvgIpc) is 2.13. The van der Waals surface area contributed by atoms with Crippen LogP contribution in [0.5, 0.6) is 0 Å². The molecule has 1 aromatic heterocycles. The van der Waals surface area contributed by atoms with Gasteiger partial charge in [-0.1, -0.05) is 11.6 Å². The van der Waals surface area contributed by atoms with E-state index in [0.717, 1.165) is 5.56 Å². The van der Waals surface area contributed by atoms with E-state index in [9.17, 15) is 13.2 Å². The fourth-order valence-corrected chi connectivity index (χ4v) is 1.19. The first kappa shape index (κ1) is 12.3. The van der Waals surface area contributed by atoms with Crippen LogP contribution in [0.15, 0.2) is 18.5 Å². The Morgan fingerprint density at radius 2 is 2.13 bits per heavy atom. The molecule has 0 bridgehead atoms. The molecule has 0 aliphatic heterocycles. The minimum atomic E-state index is -4.12. The zero-order valence-corrected chi connectivity index (χ0v) is 8.57. The van der Waals surface area contributed by atoms with Crippen molar-refractivity contribution >= 4 is 11.6 Å². The van der Waals surface area contributed by atoms with Gasteiger partial charge in [0.1, 0.15) is 0 Å². The van der Waals surface area contributed by atoms with Crippen LogP contribution in [0, 0.1) is 0 Å². The maximum atomic E-state index is 11.8. The van der Waals surface area contributed by atoms with E-state index in [-0.39, 0.29) is 6.54 Å². The summed E-state index contributed by atoms with van der Waals surface area (Å²) in [4.78, 5) is 3.77. The van der Waals surface area contributed by atoms with Gasteiger partial charge in [0.05, 0.1) is 11.4 Å². The minimum Gasteiger partial charge on any atom is -0.312 e. The number of nitrogens with one attached hydrogen (secondary N) is 1. The molecule has 6 heteroatoms. The Labute approximate surface area is 90.5 Å². The third-order valence-corrected chi connectivity index (χ3v) is 2.10. The van der Waals surface area contributed by atoms with Crippen molar-refractivity contribution in [1.82, 2.24) is 10.3 Å². The predicted molar refractivity (Wildman–Crippen MR) is 51.6 cm³/mol. The number of rotatable bonds is 4. The molecule has 2 nitrogen and oxygen atoms in total. The van der Waals surface area contributed by atoms with Crippen molar-refractivity contribution in [3.8, 4) is 0 Å². The van der Waals surface area contributed by atoms with Gasteiger partial charge in [-0.15, -0.1) is 0 Å². The van der Waals surface area contributed by atoms with E-state index in [2.05, 4.69) is 10.3 Å². The molecule has 0 atom stereocenters. The summed E-state index contributed by atoms with van der Waals surface area (Å²) >= 11 is 5.77. The van der Waals surface area contributed by atoms with Crippen molar-refractivity contribution in [2.45, 2.75) is 19.1 Å². The van der Waals surface area contributed by atoms with Gasteiger partial charge in [-0.3, -0.25) is 4.98 Å². The molecule has 1 N–H and O–H groups in total. The molecule has 0 amide bonds.